The van der Waals surface area contributed by atoms with E-state index in [1.54, 1.807) is 0 Å². The minimum absolute atomic E-state index is 0.0357. The molecule has 0 bridgehead atoms. The molecule has 6 aromatic carbocycles. The summed E-state index contributed by atoms with van der Waals surface area (Å²) in [4.78, 5) is 0. The van der Waals surface area contributed by atoms with Crippen LogP contribution in [0.3, 0.4) is 0 Å². The Bertz CT molecular complexity index is 2150. The minimum Gasteiger partial charge on any atom is -0.374 e. The summed E-state index contributed by atoms with van der Waals surface area (Å²) in [5, 5.41) is 11.8. The van der Waals surface area contributed by atoms with Crippen LogP contribution in [0.25, 0.3) is 0 Å². The number of rotatable bonds is 22. The van der Waals surface area contributed by atoms with Crippen LogP contribution in [0.1, 0.15) is 33.4 Å². The molecule has 8 rings (SSSR count). The predicted molar refractivity (Wildman–Crippen MR) is 237 cm³/mol. The molecule has 2 aliphatic heterocycles. The Hall–Kier alpha value is -5.08. The molecule has 0 aromatic heterocycles. The molecule has 0 unspecified atom stereocenters. The van der Waals surface area contributed by atoms with Gasteiger partial charge in [0.2, 0.25) is 0 Å². The first-order valence-electron chi connectivity index (χ1n) is 21.7. The van der Waals surface area contributed by atoms with E-state index in [4.69, 9.17) is 42.6 Å². The van der Waals surface area contributed by atoms with Gasteiger partial charge in [-0.15, -0.1) is 0 Å². The van der Waals surface area contributed by atoms with Crippen LogP contribution in [-0.2, 0) is 82.3 Å². The minimum atomic E-state index is -1.37. The molecule has 328 valence electrons. The second kappa shape index (κ2) is 23.6. The number of ether oxygens (including phenoxy) is 9. The summed E-state index contributed by atoms with van der Waals surface area (Å²) in [5.74, 6) is 0. The summed E-state index contributed by atoms with van der Waals surface area (Å²) in [7, 11) is 0. The molecule has 63 heavy (non-hydrogen) atoms. The molecule has 1 N–H and O–H groups in total. The van der Waals surface area contributed by atoms with Crippen LogP contribution in [0, 0.1) is 0 Å². The highest BCUT2D eigenvalue weighted by Gasteiger charge is 2.51. The predicted octanol–water partition coefficient (Wildman–Crippen LogP) is 8.59. The number of hydrogen-bond donors (Lipinski definition) is 1. The lowest BCUT2D eigenvalue weighted by molar-refractivity contribution is -0.323. The van der Waals surface area contributed by atoms with Crippen molar-refractivity contribution in [2.24, 2.45) is 0 Å². The monoisotopic (exact) mass is 852 g/mol. The van der Waals surface area contributed by atoms with Crippen molar-refractivity contribution in [3.8, 4) is 0 Å². The molecule has 0 spiro atoms. The van der Waals surface area contributed by atoms with Gasteiger partial charge in [-0.25, -0.2) is 0 Å². The Kier molecular flexibility index (Phi) is 16.7. The number of hydrogen-bond acceptors (Lipinski definition) is 10. The first-order chi connectivity index (χ1) is 31.2. The largest absolute Gasteiger partial charge is 0.374 e. The third kappa shape index (κ3) is 13.0. The molecule has 6 aromatic rings. The zero-order chi connectivity index (χ0) is 42.9. The fourth-order valence-electron chi connectivity index (χ4n) is 7.83. The molecule has 0 saturated carbocycles. The lowest BCUT2D eigenvalue weighted by atomic mass is 9.98. The normalized spacial score (nSPS) is 24.6. The smallest absolute Gasteiger partial charge is 0.187 e. The van der Waals surface area contributed by atoms with E-state index < -0.39 is 55.3 Å². The van der Waals surface area contributed by atoms with Gasteiger partial charge in [0.25, 0.3) is 0 Å². The van der Waals surface area contributed by atoms with Crippen LogP contribution >= 0.6 is 0 Å². The van der Waals surface area contributed by atoms with Crippen molar-refractivity contribution in [3.63, 3.8) is 0 Å². The maximum atomic E-state index is 11.8. The van der Waals surface area contributed by atoms with E-state index in [1.165, 1.54) is 0 Å². The van der Waals surface area contributed by atoms with Gasteiger partial charge in [0, 0.05) is 0 Å². The third-order valence-electron chi connectivity index (χ3n) is 11.1. The van der Waals surface area contributed by atoms with Crippen molar-refractivity contribution in [1.82, 2.24) is 0 Å². The fraction of sp³-hybridized carbons (Fsp3) is 0.321. The average Bonchev–Trinajstić information content (AvgIpc) is 3.67. The highest BCUT2D eigenvalue weighted by Crippen LogP contribution is 2.33. The molecule has 0 amide bonds. The second-order valence-electron chi connectivity index (χ2n) is 15.7. The van der Waals surface area contributed by atoms with Gasteiger partial charge in [-0.2, -0.15) is 0 Å². The van der Waals surface area contributed by atoms with Gasteiger partial charge in [0.15, 0.2) is 12.6 Å². The van der Waals surface area contributed by atoms with Gasteiger partial charge in [-0.1, -0.05) is 182 Å². The number of aliphatic hydroxyl groups is 1. The zero-order valence-electron chi connectivity index (χ0n) is 35.3. The lowest BCUT2D eigenvalue weighted by Gasteiger charge is -2.44. The summed E-state index contributed by atoms with van der Waals surface area (Å²) < 4.78 is 59.4. The maximum Gasteiger partial charge on any atom is 0.187 e. The van der Waals surface area contributed by atoms with E-state index >= 15 is 0 Å². The molecule has 2 fully saturated rings. The molecule has 0 aliphatic carbocycles. The van der Waals surface area contributed by atoms with Crippen LogP contribution in [-0.4, -0.2) is 73.6 Å². The van der Waals surface area contributed by atoms with Crippen molar-refractivity contribution in [2.45, 2.75) is 94.9 Å². The molecular formula is C53H56O10. The van der Waals surface area contributed by atoms with Crippen molar-refractivity contribution in [1.29, 1.82) is 0 Å². The highest BCUT2D eigenvalue weighted by molar-refractivity contribution is 5.18. The summed E-state index contributed by atoms with van der Waals surface area (Å²) in [6.07, 6.45) is -7.22. The topological polar surface area (TPSA) is 103 Å². The van der Waals surface area contributed by atoms with Crippen molar-refractivity contribution >= 4 is 0 Å². The second-order valence-corrected chi connectivity index (χ2v) is 15.7. The average molecular weight is 853 g/mol. The summed E-state index contributed by atoms with van der Waals surface area (Å²) >= 11 is 0. The Morgan fingerprint density at radius 3 is 1.05 bits per heavy atom. The van der Waals surface area contributed by atoms with Crippen molar-refractivity contribution in [3.05, 3.63) is 215 Å². The zero-order valence-corrected chi connectivity index (χ0v) is 35.3. The molecule has 9 atom stereocenters. The first kappa shape index (κ1) is 44.5. The van der Waals surface area contributed by atoms with E-state index in [-0.39, 0.29) is 33.0 Å². The summed E-state index contributed by atoms with van der Waals surface area (Å²) in [6, 6.07) is 59.6. The molecular weight excluding hydrogens is 797 g/mol. The van der Waals surface area contributed by atoms with Gasteiger partial charge in [-0.3, -0.25) is 0 Å². The standard InChI is InChI=1S/C53H56O10/c54-52-50(59-35-43-27-15-5-16-28-43)49(58-34-42-25-13-4-14-26-42)47(56-32-40-21-9-2-10-22-40)46(62-52)38-61-53-51(60-36-44-29-17-6-18-30-44)48(57-33-41-23-11-3-12-24-41)45(63-53)37-55-31-39-19-7-1-8-20-39/h1-30,45-54H,31-38H2/t45-,46-,47-,48-,49+,50-,51-,52-,53-/m1/s1. The van der Waals surface area contributed by atoms with Gasteiger partial charge >= 0.3 is 0 Å². The Morgan fingerprint density at radius 2 is 0.635 bits per heavy atom. The molecule has 10 heteroatoms. The first-order valence-corrected chi connectivity index (χ1v) is 21.7. The maximum absolute atomic E-state index is 11.8. The SMILES string of the molecule is O[C@@H]1O[C@H](CO[C@@H]2O[C@H](COCc3ccccc3)[C@@H](OCc3ccccc3)[C@H]2OCc2ccccc2)[C@@H](OCc2ccccc2)[C@H](OCc2ccccc2)[C@H]1OCc1ccccc1. The highest BCUT2D eigenvalue weighted by atomic mass is 16.7. The van der Waals surface area contributed by atoms with Crippen LogP contribution in [0.15, 0.2) is 182 Å². The fourth-order valence-corrected chi connectivity index (χ4v) is 7.83. The Morgan fingerprint density at radius 1 is 0.317 bits per heavy atom. The van der Waals surface area contributed by atoms with E-state index in [1.807, 2.05) is 182 Å². The van der Waals surface area contributed by atoms with Crippen molar-refractivity contribution in [2.75, 3.05) is 13.2 Å². The molecule has 0 radical (unpaired) electrons. The Labute approximate surface area is 370 Å². The number of aliphatic hydroxyl groups excluding tert-OH is 1. The Balaban J connectivity index is 1.05. The van der Waals surface area contributed by atoms with E-state index in [0.717, 1.165) is 33.4 Å². The van der Waals surface area contributed by atoms with Crippen LogP contribution in [0.5, 0.6) is 0 Å². The number of benzene rings is 6. The molecule has 2 aliphatic rings. The van der Waals surface area contributed by atoms with Gasteiger partial charge in [0.1, 0.15) is 42.7 Å². The molecule has 2 saturated heterocycles. The van der Waals surface area contributed by atoms with E-state index in [9.17, 15) is 5.11 Å². The van der Waals surface area contributed by atoms with Gasteiger partial charge in [0.05, 0.1) is 52.9 Å². The van der Waals surface area contributed by atoms with E-state index in [0.29, 0.717) is 19.8 Å². The van der Waals surface area contributed by atoms with Crippen LogP contribution in [0.4, 0.5) is 0 Å². The van der Waals surface area contributed by atoms with Crippen LogP contribution < -0.4 is 0 Å². The molecule has 10 nitrogen and oxygen atoms in total. The van der Waals surface area contributed by atoms with Crippen molar-refractivity contribution < 1.29 is 47.7 Å². The summed E-state index contributed by atoms with van der Waals surface area (Å²) in [6.45, 7) is 1.99. The summed E-state index contributed by atoms with van der Waals surface area (Å²) in [5.41, 5.74) is 5.94. The quantitative estimate of drug-likeness (QED) is 0.0715. The van der Waals surface area contributed by atoms with E-state index in [2.05, 4.69) is 0 Å². The van der Waals surface area contributed by atoms with Crippen LogP contribution in [0.2, 0.25) is 0 Å². The lowest BCUT2D eigenvalue weighted by Crippen LogP contribution is -2.61. The third-order valence-corrected chi connectivity index (χ3v) is 11.1. The van der Waals surface area contributed by atoms with Gasteiger partial charge in [-0.05, 0) is 33.4 Å². The molecule has 2 heterocycles. The van der Waals surface area contributed by atoms with Gasteiger partial charge < -0.3 is 47.7 Å².